The number of hydrogen-bond donors (Lipinski definition) is 1. The van der Waals surface area contributed by atoms with Crippen molar-refractivity contribution in [2.24, 2.45) is 4.99 Å². The van der Waals surface area contributed by atoms with Crippen molar-refractivity contribution in [3.05, 3.63) is 12.2 Å². The van der Waals surface area contributed by atoms with Gasteiger partial charge in [-0.2, -0.15) is 0 Å². The molecule has 2 aliphatic heterocycles. The zero-order valence-corrected chi connectivity index (χ0v) is 19.5. The molecule has 0 aliphatic carbocycles. The van der Waals surface area contributed by atoms with Crippen molar-refractivity contribution in [2.75, 3.05) is 32.8 Å². The van der Waals surface area contributed by atoms with Gasteiger partial charge in [-0.3, -0.25) is 0 Å². The molecule has 0 spiro atoms. The number of guanidine groups is 1. The molecule has 3 heterocycles. The zero-order valence-electron chi connectivity index (χ0n) is 17.2. The number of ether oxygens (including phenoxy) is 2. The lowest BCUT2D eigenvalue weighted by molar-refractivity contribution is -0.0721. The monoisotopic (exact) mass is 506 g/mol. The van der Waals surface area contributed by atoms with Gasteiger partial charge in [0, 0.05) is 32.8 Å². The highest BCUT2D eigenvalue weighted by Crippen LogP contribution is 2.18. The number of aliphatic imine (C=N–C) groups is 1. The van der Waals surface area contributed by atoms with Crippen LogP contribution in [0.4, 0.5) is 0 Å². The van der Waals surface area contributed by atoms with Gasteiger partial charge in [0.2, 0.25) is 0 Å². The van der Waals surface area contributed by atoms with E-state index in [0.717, 1.165) is 70.4 Å². The number of likely N-dealkylation sites (tertiary alicyclic amines) is 1. The molecule has 1 aromatic heterocycles. The summed E-state index contributed by atoms with van der Waals surface area (Å²) in [6.45, 7) is 10.0. The van der Waals surface area contributed by atoms with Crippen molar-refractivity contribution in [1.29, 1.82) is 0 Å². The highest BCUT2D eigenvalue weighted by atomic mass is 127. The molecule has 9 heteroatoms. The maximum absolute atomic E-state index is 6.13. The number of halogens is 1. The van der Waals surface area contributed by atoms with Crippen molar-refractivity contribution < 1.29 is 9.47 Å². The minimum Gasteiger partial charge on any atom is -0.376 e. The molecule has 8 nitrogen and oxygen atoms in total. The third-order valence-electron chi connectivity index (χ3n) is 5.27. The molecule has 0 aromatic carbocycles. The molecule has 0 saturated carbocycles. The molecular weight excluding hydrogens is 471 g/mol. The number of rotatable bonds is 7. The summed E-state index contributed by atoms with van der Waals surface area (Å²) in [5.74, 6) is 1.86. The lowest BCUT2D eigenvalue weighted by atomic mass is 10.1. The van der Waals surface area contributed by atoms with Gasteiger partial charge in [0.1, 0.15) is 12.9 Å². The lowest BCUT2D eigenvalue weighted by Crippen LogP contribution is -2.47. The van der Waals surface area contributed by atoms with Crippen LogP contribution in [0.1, 0.15) is 51.8 Å². The van der Waals surface area contributed by atoms with E-state index in [9.17, 15) is 0 Å². The maximum Gasteiger partial charge on any atom is 0.194 e. The molecular formula is C19H35IN6O2. The predicted octanol–water partition coefficient (Wildman–Crippen LogP) is 2.43. The second kappa shape index (κ2) is 12.6. The van der Waals surface area contributed by atoms with E-state index in [0.29, 0.717) is 18.8 Å². The molecule has 1 atom stereocenters. The van der Waals surface area contributed by atoms with E-state index in [4.69, 9.17) is 14.5 Å². The normalized spacial score (nSPS) is 21.4. The zero-order chi connectivity index (χ0) is 18.9. The lowest BCUT2D eigenvalue weighted by Gasteiger charge is -2.35. The Labute approximate surface area is 185 Å². The summed E-state index contributed by atoms with van der Waals surface area (Å²) in [7, 11) is 0. The van der Waals surface area contributed by atoms with Crippen molar-refractivity contribution >= 4 is 29.9 Å². The summed E-state index contributed by atoms with van der Waals surface area (Å²) in [4.78, 5) is 7.11. The van der Waals surface area contributed by atoms with Gasteiger partial charge in [0.15, 0.2) is 11.8 Å². The van der Waals surface area contributed by atoms with Crippen LogP contribution in [0.3, 0.4) is 0 Å². The van der Waals surface area contributed by atoms with Gasteiger partial charge >= 0.3 is 0 Å². The van der Waals surface area contributed by atoms with Crippen LogP contribution in [0.25, 0.3) is 0 Å². The van der Waals surface area contributed by atoms with Gasteiger partial charge in [-0.1, -0.05) is 0 Å². The van der Waals surface area contributed by atoms with Crippen molar-refractivity contribution in [2.45, 2.75) is 71.2 Å². The van der Waals surface area contributed by atoms with Gasteiger partial charge in [-0.05, 0) is 46.0 Å². The Morgan fingerprint density at radius 1 is 1.29 bits per heavy atom. The molecule has 1 unspecified atom stereocenters. The molecule has 28 heavy (non-hydrogen) atoms. The molecule has 2 fully saturated rings. The minimum absolute atomic E-state index is 0. The highest BCUT2D eigenvalue weighted by molar-refractivity contribution is 14.0. The van der Waals surface area contributed by atoms with E-state index in [1.165, 1.54) is 12.8 Å². The Morgan fingerprint density at radius 2 is 2.11 bits per heavy atom. The van der Waals surface area contributed by atoms with E-state index >= 15 is 0 Å². The number of nitrogens with zero attached hydrogens (tertiary/aromatic N) is 5. The summed E-state index contributed by atoms with van der Waals surface area (Å²) in [5, 5.41) is 11.6. The molecule has 3 rings (SSSR count). The number of aryl methyl sites for hydroxylation is 1. The topological polar surface area (TPSA) is 76.8 Å². The van der Waals surface area contributed by atoms with E-state index in [2.05, 4.69) is 34.3 Å². The number of piperidine rings is 1. The number of nitrogens with one attached hydrogen (secondary N) is 1. The van der Waals surface area contributed by atoms with Crippen LogP contribution in [0, 0.1) is 0 Å². The van der Waals surface area contributed by atoms with Gasteiger partial charge in [0.05, 0.1) is 18.8 Å². The average molecular weight is 506 g/mol. The standard InChI is InChI=1S/C19H34N6O2.HI/c1-3-20-19(21-13-18-23-22-15-24(18)4-2)25-10-8-16(9-11-25)27-14-17-7-5-6-12-26-17;/h15-17H,3-14H2,1-2H3,(H,20,21);1H. The smallest absolute Gasteiger partial charge is 0.194 e. The summed E-state index contributed by atoms with van der Waals surface area (Å²) < 4.78 is 13.9. The Balaban J connectivity index is 0.00000280. The number of hydrogen-bond acceptors (Lipinski definition) is 5. The van der Waals surface area contributed by atoms with Gasteiger partial charge < -0.3 is 24.3 Å². The van der Waals surface area contributed by atoms with Crippen LogP contribution in [0.15, 0.2) is 11.3 Å². The molecule has 0 bridgehead atoms. The van der Waals surface area contributed by atoms with Crippen molar-refractivity contribution in [1.82, 2.24) is 25.0 Å². The van der Waals surface area contributed by atoms with Crippen LogP contribution in [0.2, 0.25) is 0 Å². The van der Waals surface area contributed by atoms with Gasteiger partial charge in [0.25, 0.3) is 0 Å². The maximum atomic E-state index is 6.13. The quantitative estimate of drug-likeness (QED) is 0.348. The Kier molecular flexibility index (Phi) is 10.5. The van der Waals surface area contributed by atoms with E-state index < -0.39 is 0 Å². The fraction of sp³-hybridized carbons (Fsp3) is 0.842. The second-order valence-corrected chi connectivity index (χ2v) is 7.21. The van der Waals surface area contributed by atoms with Crippen LogP contribution >= 0.6 is 24.0 Å². The first-order chi connectivity index (χ1) is 13.3. The molecule has 2 saturated heterocycles. The molecule has 0 radical (unpaired) electrons. The van der Waals surface area contributed by atoms with Crippen LogP contribution < -0.4 is 5.32 Å². The van der Waals surface area contributed by atoms with Gasteiger partial charge in [-0.25, -0.2) is 4.99 Å². The van der Waals surface area contributed by atoms with Crippen LogP contribution in [0.5, 0.6) is 0 Å². The van der Waals surface area contributed by atoms with Crippen molar-refractivity contribution in [3.63, 3.8) is 0 Å². The number of aromatic nitrogens is 3. The third kappa shape index (κ3) is 6.84. The fourth-order valence-electron chi connectivity index (χ4n) is 3.65. The minimum atomic E-state index is 0. The first-order valence-electron chi connectivity index (χ1n) is 10.4. The first kappa shape index (κ1) is 23.3. The van der Waals surface area contributed by atoms with E-state index in [-0.39, 0.29) is 24.0 Å². The molecule has 2 aliphatic rings. The highest BCUT2D eigenvalue weighted by Gasteiger charge is 2.23. The fourth-order valence-corrected chi connectivity index (χ4v) is 3.65. The molecule has 1 N–H and O–H groups in total. The second-order valence-electron chi connectivity index (χ2n) is 7.21. The van der Waals surface area contributed by atoms with E-state index in [1.54, 1.807) is 6.33 Å². The van der Waals surface area contributed by atoms with Crippen molar-refractivity contribution in [3.8, 4) is 0 Å². The Hall–Kier alpha value is -0.940. The third-order valence-corrected chi connectivity index (χ3v) is 5.27. The van der Waals surface area contributed by atoms with Crippen LogP contribution in [-0.2, 0) is 22.6 Å². The SMILES string of the molecule is CCNC(=NCc1nncn1CC)N1CCC(OCC2CCCCO2)CC1.I. The summed E-state index contributed by atoms with van der Waals surface area (Å²) in [6.07, 6.45) is 8.04. The summed E-state index contributed by atoms with van der Waals surface area (Å²) >= 11 is 0. The molecule has 160 valence electrons. The molecule has 0 amide bonds. The summed E-state index contributed by atoms with van der Waals surface area (Å²) in [5.41, 5.74) is 0. The van der Waals surface area contributed by atoms with E-state index in [1.807, 2.05) is 4.57 Å². The predicted molar refractivity (Wildman–Crippen MR) is 120 cm³/mol. The van der Waals surface area contributed by atoms with Crippen LogP contribution in [-0.4, -0.2) is 70.7 Å². The Bertz CT molecular complexity index is 583. The molecule has 1 aromatic rings. The average Bonchev–Trinajstić information content (AvgIpc) is 3.18. The Morgan fingerprint density at radius 3 is 2.79 bits per heavy atom. The van der Waals surface area contributed by atoms with Gasteiger partial charge in [-0.15, -0.1) is 34.2 Å². The first-order valence-corrected chi connectivity index (χ1v) is 10.4. The summed E-state index contributed by atoms with van der Waals surface area (Å²) in [6, 6.07) is 0. The largest absolute Gasteiger partial charge is 0.376 e.